The molecule has 0 amide bonds. The zero-order chi connectivity index (χ0) is 14.8. The molecule has 5 heteroatoms. The molecule has 0 aliphatic carbocycles. The molecular weight excluding hydrogens is 284 g/mol. The predicted octanol–water partition coefficient (Wildman–Crippen LogP) is 3.74. The summed E-state index contributed by atoms with van der Waals surface area (Å²) in [7, 11) is 0. The first-order valence-corrected chi connectivity index (χ1v) is 7.52. The Bertz CT molecular complexity index is 764. The lowest BCUT2D eigenvalue weighted by molar-refractivity contribution is 0.714. The van der Waals surface area contributed by atoms with E-state index in [0.29, 0.717) is 6.54 Å². The van der Waals surface area contributed by atoms with E-state index in [1.165, 1.54) is 5.56 Å². The highest BCUT2D eigenvalue weighted by atomic mass is 35.5. The topological polar surface area (TPSA) is 43.6 Å². The van der Waals surface area contributed by atoms with Crippen molar-refractivity contribution >= 4 is 22.8 Å². The summed E-state index contributed by atoms with van der Waals surface area (Å²) in [5.41, 5.74) is 4.01. The first-order valence-electron chi connectivity index (χ1n) is 7.08. The number of halogens is 1. The normalized spacial score (nSPS) is 12.7. The Hall–Kier alpha value is -1.94. The van der Waals surface area contributed by atoms with E-state index < -0.39 is 0 Å². The Morgan fingerprint density at radius 3 is 2.71 bits per heavy atom. The van der Waals surface area contributed by atoms with Gasteiger partial charge in [-0.3, -0.25) is 4.98 Å². The second kappa shape index (κ2) is 5.82. The molecule has 1 unspecified atom stereocenters. The number of aromatic nitrogens is 4. The van der Waals surface area contributed by atoms with Crippen molar-refractivity contribution < 1.29 is 0 Å². The Labute approximate surface area is 128 Å². The van der Waals surface area contributed by atoms with Crippen LogP contribution in [0.1, 0.15) is 36.3 Å². The van der Waals surface area contributed by atoms with Gasteiger partial charge in [-0.05, 0) is 37.1 Å². The van der Waals surface area contributed by atoms with E-state index >= 15 is 0 Å². The van der Waals surface area contributed by atoms with Gasteiger partial charge in [0.25, 0.3) is 0 Å². The Balaban J connectivity index is 2.13. The maximum Gasteiger partial charge on any atom is 0.160 e. The fourth-order valence-corrected chi connectivity index (χ4v) is 2.69. The van der Waals surface area contributed by atoms with Gasteiger partial charge in [0.1, 0.15) is 11.3 Å². The number of aryl methyl sites for hydroxylation is 1. The minimum Gasteiger partial charge on any atom is -0.305 e. The number of rotatable bonds is 4. The van der Waals surface area contributed by atoms with Crippen molar-refractivity contribution in [2.45, 2.75) is 32.2 Å². The SMILES string of the molecule is CCc1cccnc1Cn1c(C(C)Cl)nc2cccnc21. The number of alkyl halides is 1. The summed E-state index contributed by atoms with van der Waals surface area (Å²) in [6.07, 6.45) is 4.56. The highest BCUT2D eigenvalue weighted by Crippen LogP contribution is 2.24. The van der Waals surface area contributed by atoms with Crippen LogP contribution in [0.3, 0.4) is 0 Å². The molecule has 108 valence electrons. The third-order valence-electron chi connectivity index (χ3n) is 3.56. The summed E-state index contributed by atoms with van der Waals surface area (Å²) in [4.78, 5) is 13.6. The van der Waals surface area contributed by atoms with Gasteiger partial charge in [-0.1, -0.05) is 13.0 Å². The lowest BCUT2D eigenvalue weighted by Crippen LogP contribution is -2.09. The summed E-state index contributed by atoms with van der Waals surface area (Å²) in [5.74, 6) is 0.832. The third-order valence-corrected chi connectivity index (χ3v) is 3.76. The van der Waals surface area contributed by atoms with Crippen molar-refractivity contribution in [1.29, 1.82) is 0 Å². The van der Waals surface area contributed by atoms with Gasteiger partial charge in [0.15, 0.2) is 5.65 Å². The van der Waals surface area contributed by atoms with E-state index in [1.54, 1.807) is 6.20 Å². The van der Waals surface area contributed by atoms with Crippen LogP contribution in [-0.2, 0) is 13.0 Å². The summed E-state index contributed by atoms with van der Waals surface area (Å²) in [5, 5.41) is -0.173. The molecule has 1 atom stereocenters. The largest absolute Gasteiger partial charge is 0.305 e. The Morgan fingerprint density at radius 2 is 1.95 bits per heavy atom. The molecule has 0 fully saturated rings. The van der Waals surface area contributed by atoms with Crippen LogP contribution in [0.2, 0.25) is 0 Å². The molecule has 0 radical (unpaired) electrons. The second-order valence-electron chi connectivity index (χ2n) is 4.98. The molecule has 0 saturated heterocycles. The Morgan fingerprint density at radius 1 is 1.19 bits per heavy atom. The zero-order valence-corrected chi connectivity index (χ0v) is 12.9. The van der Waals surface area contributed by atoms with Crippen molar-refractivity contribution in [2.24, 2.45) is 0 Å². The van der Waals surface area contributed by atoms with Crippen molar-refractivity contribution in [1.82, 2.24) is 19.5 Å². The van der Waals surface area contributed by atoms with E-state index in [4.69, 9.17) is 11.6 Å². The van der Waals surface area contributed by atoms with Gasteiger partial charge in [-0.25, -0.2) is 9.97 Å². The van der Waals surface area contributed by atoms with Crippen LogP contribution in [0, 0.1) is 0 Å². The fourth-order valence-electron chi connectivity index (χ4n) is 2.52. The van der Waals surface area contributed by atoms with Crippen LogP contribution in [0.15, 0.2) is 36.7 Å². The molecule has 0 N–H and O–H groups in total. The monoisotopic (exact) mass is 300 g/mol. The van der Waals surface area contributed by atoms with Crippen molar-refractivity contribution in [3.63, 3.8) is 0 Å². The molecule has 3 aromatic heterocycles. The molecule has 4 nitrogen and oxygen atoms in total. The van der Waals surface area contributed by atoms with Crippen molar-refractivity contribution in [2.75, 3.05) is 0 Å². The van der Waals surface area contributed by atoms with E-state index in [2.05, 4.69) is 32.5 Å². The molecule has 0 saturated carbocycles. The highest BCUT2D eigenvalue weighted by Gasteiger charge is 2.17. The first-order chi connectivity index (χ1) is 10.2. The van der Waals surface area contributed by atoms with Crippen LogP contribution in [0.25, 0.3) is 11.2 Å². The van der Waals surface area contributed by atoms with E-state index in [0.717, 1.165) is 29.1 Å². The van der Waals surface area contributed by atoms with Crippen LogP contribution >= 0.6 is 11.6 Å². The number of fused-ring (bicyclic) bond motifs is 1. The molecule has 0 aliphatic rings. The molecule has 0 aliphatic heterocycles. The fraction of sp³-hybridized carbons (Fsp3) is 0.312. The zero-order valence-electron chi connectivity index (χ0n) is 12.1. The average molecular weight is 301 g/mol. The van der Waals surface area contributed by atoms with Crippen LogP contribution in [0.4, 0.5) is 0 Å². The molecule has 0 bridgehead atoms. The summed E-state index contributed by atoms with van der Waals surface area (Å²) >= 11 is 6.29. The minimum atomic E-state index is -0.173. The summed E-state index contributed by atoms with van der Waals surface area (Å²) in [6, 6.07) is 7.93. The standard InChI is InChI=1S/C16H17ClN4/c1-3-12-6-4-8-18-14(12)10-21-15(11(2)17)20-13-7-5-9-19-16(13)21/h4-9,11H,3,10H2,1-2H3. The summed E-state index contributed by atoms with van der Waals surface area (Å²) in [6.45, 7) is 4.71. The lowest BCUT2D eigenvalue weighted by Gasteiger charge is -2.12. The maximum atomic E-state index is 6.29. The number of pyridine rings is 2. The van der Waals surface area contributed by atoms with Gasteiger partial charge in [-0.2, -0.15) is 0 Å². The number of imidazole rings is 1. The number of hydrogen-bond acceptors (Lipinski definition) is 3. The average Bonchev–Trinajstić information content (AvgIpc) is 2.87. The van der Waals surface area contributed by atoms with Gasteiger partial charge in [0.2, 0.25) is 0 Å². The number of hydrogen-bond donors (Lipinski definition) is 0. The predicted molar refractivity (Wildman–Crippen MR) is 84.5 cm³/mol. The van der Waals surface area contributed by atoms with Gasteiger partial charge in [0.05, 0.1) is 17.6 Å². The maximum absolute atomic E-state index is 6.29. The molecule has 3 aromatic rings. The first kappa shape index (κ1) is 14.0. The smallest absolute Gasteiger partial charge is 0.160 e. The molecule has 0 spiro atoms. The quantitative estimate of drug-likeness (QED) is 0.689. The van der Waals surface area contributed by atoms with Crippen LogP contribution < -0.4 is 0 Å². The molecule has 3 heterocycles. The third kappa shape index (κ3) is 2.63. The minimum absolute atomic E-state index is 0.173. The molecule has 0 aromatic carbocycles. The van der Waals surface area contributed by atoms with Gasteiger partial charge < -0.3 is 4.57 Å². The van der Waals surface area contributed by atoms with E-state index in [1.807, 2.05) is 31.3 Å². The lowest BCUT2D eigenvalue weighted by atomic mass is 10.1. The van der Waals surface area contributed by atoms with Crippen molar-refractivity contribution in [3.8, 4) is 0 Å². The van der Waals surface area contributed by atoms with Crippen LogP contribution in [-0.4, -0.2) is 19.5 Å². The second-order valence-corrected chi connectivity index (χ2v) is 5.64. The van der Waals surface area contributed by atoms with E-state index in [-0.39, 0.29) is 5.38 Å². The van der Waals surface area contributed by atoms with Gasteiger partial charge >= 0.3 is 0 Å². The van der Waals surface area contributed by atoms with Gasteiger partial charge in [-0.15, -0.1) is 11.6 Å². The summed E-state index contributed by atoms with van der Waals surface area (Å²) < 4.78 is 2.06. The van der Waals surface area contributed by atoms with E-state index in [9.17, 15) is 0 Å². The Kier molecular flexibility index (Phi) is 3.88. The van der Waals surface area contributed by atoms with Gasteiger partial charge in [0, 0.05) is 12.4 Å². The number of nitrogens with zero attached hydrogens (tertiary/aromatic N) is 4. The van der Waals surface area contributed by atoms with Crippen LogP contribution in [0.5, 0.6) is 0 Å². The molecule has 3 rings (SSSR count). The van der Waals surface area contributed by atoms with Crippen molar-refractivity contribution in [3.05, 3.63) is 53.7 Å². The molecular formula is C16H17ClN4. The molecule has 21 heavy (non-hydrogen) atoms. The highest BCUT2D eigenvalue weighted by molar-refractivity contribution is 6.20.